The quantitative estimate of drug-likeness (QED) is 0.359. The van der Waals surface area contributed by atoms with Crippen LogP contribution in [0, 0.1) is 0 Å². The van der Waals surface area contributed by atoms with E-state index >= 15 is 0 Å². The lowest BCUT2D eigenvalue weighted by Gasteiger charge is -2.18. The molecular formula is C15H27N3O6. The Bertz CT molecular complexity index is 427. The fourth-order valence-corrected chi connectivity index (χ4v) is 1.85. The van der Waals surface area contributed by atoms with Crippen LogP contribution in [0.4, 0.5) is 0 Å². The van der Waals surface area contributed by atoms with Crippen molar-refractivity contribution in [1.82, 2.24) is 16.0 Å². The highest BCUT2D eigenvalue weighted by Gasteiger charge is 2.20. The van der Waals surface area contributed by atoms with Crippen molar-refractivity contribution >= 4 is 23.5 Å². The van der Waals surface area contributed by atoms with Crippen LogP contribution in [0.1, 0.15) is 26.2 Å². The van der Waals surface area contributed by atoms with E-state index < -0.39 is 17.9 Å². The summed E-state index contributed by atoms with van der Waals surface area (Å²) < 4.78 is 9.41. The highest BCUT2D eigenvalue weighted by Crippen LogP contribution is 2.01. The maximum atomic E-state index is 12.0. The molecule has 9 heteroatoms. The van der Waals surface area contributed by atoms with E-state index in [1.54, 1.807) is 0 Å². The smallest absolute Gasteiger partial charge is 0.246 e. The van der Waals surface area contributed by atoms with Crippen LogP contribution < -0.4 is 16.0 Å². The summed E-state index contributed by atoms with van der Waals surface area (Å²) in [6.07, 6.45) is 1.64. The van der Waals surface area contributed by atoms with Crippen molar-refractivity contribution in [3.63, 3.8) is 0 Å². The average Bonchev–Trinajstić information content (AvgIpc) is 2.51. The molecule has 0 aromatic heterocycles. The van der Waals surface area contributed by atoms with Gasteiger partial charge in [-0.05, 0) is 26.2 Å². The van der Waals surface area contributed by atoms with E-state index in [9.17, 15) is 19.2 Å². The number of amides is 3. The second-order valence-corrected chi connectivity index (χ2v) is 5.25. The summed E-state index contributed by atoms with van der Waals surface area (Å²) in [5.74, 6) is -1.21. The third kappa shape index (κ3) is 11.6. The van der Waals surface area contributed by atoms with Crippen LogP contribution in [0.3, 0.4) is 0 Å². The van der Waals surface area contributed by atoms with Crippen molar-refractivity contribution in [3.8, 4) is 0 Å². The molecule has 0 spiro atoms. The third-order valence-corrected chi connectivity index (χ3v) is 2.96. The number of hydrogen-bond acceptors (Lipinski definition) is 6. The molecule has 138 valence electrons. The number of unbranched alkanes of at least 4 members (excludes halogenated alkanes) is 1. The van der Waals surface area contributed by atoms with Gasteiger partial charge in [0.15, 0.2) is 0 Å². The van der Waals surface area contributed by atoms with Crippen molar-refractivity contribution in [1.29, 1.82) is 0 Å². The Morgan fingerprint density at radius 2 is 1.54 bits per heavy atom. The van der Waals surface area contributed by atoms with Gasteiger partial charge in [0.2, 0.25) is 17.7 Å². The fourth-order valence-electron chi connectivity index (χ4n) is 1.85. The van der Waals surface area contributed by atoms with Gasteiger partial charge in [-0.2, -0.15) is 0 Å². The van der Waals surface area contributed by atoms with Crippen LogP contribution in [-0.4, -0.2) is 70.1 Å². The average molecular weight is 345 g/mol. The number of rotatable bonds is 13. The molecule has 0 fully saturated rings. The molecule has 3 N–H and O–H groups in total. The molecule has 24 heavy (non-hydrogen) atoms. The molecule has 0 saturated heterocycles. The molecule has 1 atom stereocenters. The normalized spacial score (nSPS) is 11.5. The molecule has 9 nitrogen and oxygen atoms in total. The zero-order valence-electron chi connectivity index (χ0n) is 14.5. The van der Waals surface area contributed by atoms with E-state index in [1.165, 1.54) is 21.1 Å². The molecule has 0 radical (unpaired) electrons. The van der Waals surface area contributed by atoms with E-state index in [-0.39, 0.29) is 31.4 Å². The molecule has 0 aromatic rings. The molecule has 0 saturated carbocycles. The molecular weight excluding hydrogens is 318 g/mol. The summed E-state index contributed by atoms with van der Waals surface area (Å²) in [5.41, 5.74) is 0. The minimum atomic E-state index is -0.748. The van der Waals surface area contributed by atoms with Gasteiger partial charge in [0, 0.05) is 20.8 Å². The molecule has 0 aliphatic carbocycles. The van der Waals surface area contributed by atoms with Gasteiger partial charge in [-0.25, -0.2) is 0 Å². The zero-order valence-corrected chi connectivity index (χ0v) is 14.5. The summed E-state index contributed by atoms with van der Waals surface area (Å²) in [7, 11) is 2.82. The highest BCUT2D eigenvalue weighted by atomic mass is 16.5. The van der Waals surface area contributed by atoms with Crippen molar-refractivity contribution in [2.75, 3.05) is 40.5 Å². The number of ether oxygens (including phenoxy) is 2. The largest absolute Gasteiger partial charge is 0.375 e. The van der Waals surface area contributed by atoms with E-state index in [0.717, 1.165) is 0 Å². The van der Waals surface area contributed by atoms with E-state index in [2.05, 4.69) is 16.0 Å². The van der Waals surface area contributed by atoms with Gasteiger partial charge in [0.1, 0.15) is 25.0 Å². The van der Waals surface area contributed by atoms with Crippen molar-refractivity contribution < 1.29 is 28.7 Å². The number of ketones is 1. The minimum absolute atomic E-state index is 0.00313. The molecule has 0 aliphatic heterocycles. The predicted octanol–water partition coefficient (Wildman–Crippen LogP) is -1.24. The number of methoxy groups -OCH3 is 2. The number of nitrogens with one attached hydrogen (secondary N) is 3. The summed E-state index contributed by atoms with van der Waals surface area (Å²) >= 11 is 0. The maximum Gasteiger partial charge on any atom is 0.246 e. The molecule has 0 bridgehead atoms. The zero-order chi connectivity index (χ0) is 18.4. The van der Waals surface area contributed by atoms with Gasteiger partial charge in [-0.1, -0.05) is 0 Å². The molecule has 0 aromatic carbocycles. The Morgan fingerprint density at radius 1 is 0.917 bits per heavy atom. The highest BCUT2D eigenvalue weighted by molar-refractivity contribution is 5.90. The van der Waals surface area contributed by atoms with Gasteiger partial charge in [0.25, 0.3) is 0 Å². The van der Waals surface area contributed by atoms with Gasteiger partial charge in [0.05, 0.1) is 6.54 Å². The van der Waals surface area contributed by atoms with Crippen molar-refractivity contribution in [3.05, 3.63) is 0 Å². The first-order valence-electron chi connectivity index (χ1n) is 7.71. The SMILES string of the molecule is COCC(=O)NCCCC[C@H](NC(=O)COC)C(=O)NCC(C)=O. The topological polar surface area (TPSA) is 123 Å². The number of hydrogen-bond donors (Lipinski definition) is 3. The first kappa shape index (κ1) is 22.0. The lowest BCUT2D eigenvalue weighted by Crippen LogP contribution is -2.48. The summed E-state index contributed by atoms with van der Waals surface area (Å²) in [6.45, 7) is 1.59. The Labute approximate surface area is 141 Å². The van der Waals surface area contributed by atoms with Gasteiger partial charge in [-0.15, -0.1) is 0 Å². The van der Waals surface area contributed by atoms with Crippen LogP contribution in [0.15, 0.2) is 0 Å². The first-order chi connectivity index (χ1) is 11.4. The summed E-state index contributed by atoms with van der Waals surface area (Å²) in [6, 6.07) is -0.748. The monoisotopic (exact) mass is 345 g/mol. The number of carbonyl (C=O) groups excluding carboxylic acids is 4. The molecule has 3 amide bonds. The summed E-state index contributed by atoms with van der Waals surface area (Å²) in [5, 5.41) is 7.71. The number of carbonyl (C=O) groups is 4. The minimum Gasteiger partial charge on any atom is -0.375 e. The lowest BCUT2D eigenvalue weighted by atomic mass is 10.1. The van der Waals surface area contributed by atoms with Gasteiger partial charge >= 0.3 is 0 Å². The van der Waals surface area contributed by atoms with Crippen molar-refractivity contribution in [2.45, 2.75) is 32.2 Å². The van der Waals surface area contributed by atoms with Crippen LogP contribution in [0.25, 0.3) is 0 Å². The van der Waals surface area contributed by atoms with Crippen molar-refractivity contribution in [2.24, 2.45) is 0 Å². The summed E-state index contributed by atoms with van der Waals surface area (Å²) in [4.78, 5) is 45.8. The van der Waals surface area contributed by atoms with E-state index in [4.69, 9.17) is 9.47 Å². The van der Waals surface area contributed by atoms with Crippen LogP contribution in [0.5, 0.6) is 0 Å². The first-order valence-corrected chi connectivity index (χ1v) is 7.71. The van der Waals surface area contributed by atoms with Crippen LogP contribution >= 0.6 is 0 Å². The second kappa shape index (κ2) is 13.4. The number of Topliss-reactive ketones (excluding diaryl/α,β-unsaturated/α-hetero) is 1. The molecule has 0 rings (SSSR count). The molecule has 0 aliphatic rings. The van der Waals surface area contributed by atoms with E-state index in [0.29, 0.717) is 25.8 Å². The molecule has 0 unspecified atom stereocenters. The van der Waals surface area contributed by atoms with Crippen LogP contribution in [-0.2, 0) is 28.7 Å². The Balaban J connectivity index is 4.28. The fraction of sp³-hybridized carbons (Fsp3) is 0.733. The Morgan fingerprint density at radius 3 is 2.12 bits per heavy atom. The van der Waals surface area contributed by atoms with Crippen LogP contribution in [0.2, 0.25) is 0 Å². The lowest BCUT2D eigenvalue weighted by molar-refractivity contribution is -0.131. The van der Waals surface area contributed by atoms with Gasteiger partial charge < -0.3 is 25.4 Å². The Hall–Kier alpha value is -2.00. The second-order valence-electron chi connectivity index (χ2n) is 5.25. The van der Waals surface area contributed by atoms with E-state index in [1.807, 2.05) is 0 Å². The maximum absolute atomic E-state index is 12.0. The molecule has 0 heterocycles. The standard InChI is InChI=1S/C15H27N3O6/c1-11(19)8-17-15(22)12(18-14(21)10-24-3)6-4-5-7-16-13(20)9-23-2/h12H,4-10H2,1-3H3,(H,16,20)(H,17,22)(H,18,21)/t12-/m0/s1. The predicted molar refractivity (Wildman–Crippen MR) is 86.2 cm³/mol. The Kier molecular flexibility index (Phi) is 12.3. The third-order valence-electron chi connectivity index (χ3n) is 2.96. The van der Waals surface area contributed by atoms with Gasteiger partial charge in [-0.3, -0.25) is 19.2 Å².